The maximum atomic E-state index is 11.3. The maximum Gasteiger partial charge on any atom is 0.169 e. The standard InChI is InChI=1S/C20H20Cl2O3/c1-2-17(23)14-25-19-9-5-16(6-10-19)13-15-3-7-18(8-4-15)24-12-11-20(21)22/h3-11H,2,12-14H2,1H3. The number of benzene rings is 2. The predicted molar refractivity (Wildman–Crippen MR) is 102 cm³/mol. The summed E-state index contributed by atoms with van der Waals surface area (Å²) in [4.78, 5) is 11.3. The molecule has 2 aromatic carbocycles. The Kier molecular flexibility index (Phi) is 7.83. The van der Waals surface area contributed by atoms with Crippen LogP contribution in [-0.2, 0) is 11.2 Å². The predicted octanol–water partition coefficient (Wildman–Crippen LogP) is 5.33. The second-order valence-corrected chi connectivity index (χ2v) is 6.46. The molecule has 0 amide bonds. The highest BCUT2D eigenvalue weighted by Crippen LogP contribution is 2.18. The molecule has 0 aromatic heterocycles. The van der Waals surface area contributed by atoms with Crippen molar-refractivity contribution in [2.45, 2.75) is 19.8 Å². The Balaban J connectivity index is 1.87. The number of carbonyl (C=O) groups is 1. The highest BCUT2D eigenvalue weighted by atomic mass is 35.5. The van der Waals surface area contributed by atoms with Crippen molar-refractivity contribution >= 4 is 29.0 Å². The van der Waals surface area contributed by atoms with Gasteiger partial charge in [0.25, 0.3) is 0 Å². The molecule has 0 atom stereocenters. The Morgan fingerprint density at radius 1 is 0.920 bits per heavy atom. The Hall–Kier alpha value is -1.97. The molecule has 2 rings (SSSR count). The van der Waals surface area contributed by atoms with Gasteiger partial charge in [0.2, 0.25) is 0 Å². The number of rotatable bonds is 9. The van der Waals surface area contributed by atoms with Crippen molar-refractivity contribution in [2.75, 3.05) is 13.2 Å². The third-order valence-corrected chi connectivity index (χ3v) is 3.85. The van der Waals surface area contributed by atoms with Crippen LogP contribution < -0.4 is 9.47 Å². The monoisotopic (exact) mass is 378 g/mol. The van der Waals surface area contributed by atoms with E-state index in [0.29, 0.717) is 18.8 Å². The van der Waals surface area contributed by atoms with E-state index in [1.54, 1.807) is 6.08 Å². The Labute approximate surface area is 158 Å². The zero-order valence-electron chi connectivity index (χ0n) is 14.0. The van der Waals surface area contributed by atoms with E-state index in [-0.39, 0.29) is 16.9 Å². The van der Waals surface area contributed by atoms with Crippen LogP contribution in [0.25, 0.3) is 0 Å². The molecule has 0 spiro atoms. The Morgan fingerprint density at radius 3 is 1.92 bits per heavy atom. The fourth-order valence-corrected chi connectivity index (χ4v) is 2.24. The topological polar surface area (TPSA) is 35.5 Å². The van der Waals surface area contributed by atoms with Crippen molar-refractivity contribution in [2.24, 2.45) is 0 Å². The van der Waals surface area contributed by atoms with Crippen molar-refractivity contribution < 1.29 is 14.3 Å². The molecule has 0 aliphatic carbocycles. The minimum Gasteiger partial charge on any atom is -0.489 e. The van der Waals surface area contributed by atoms with E-state index in [9.17, 15) is 4.79 Å². The SMILES string of the molecule is CCC(=O)COc1ccc(Cc2ccc(OCC=C(Cl)Cl)cc2)cc1. The molecule has 3 nitrogen and oxygen atoms in total. The van der Waals surface area contributed by atoms with Crippen molar-refractivity contribution in [1.82, 2.24) is 0 Å². The van der Waals surface area contributed by atoms with Crippen molar-refractivity contribution in [3.8, 4) is 11.5 Å². The largest absolute Gasteiger partial charge is 0.489 e. The van der Waals surface area contributed by atoms with E-state index < -0.39 is 0 Å². The van der Waals surface area contributed by atoms with Crippen LogP contribution >= 0.6 is 23.2 Å². The first-order chi connectivity index (χ1) is 12.1. The quantitative estimate of drug-likeness (QED) is 0.591. The summed E-state index contributed by atoms with van der Waals surface area (Å²) in [6.45, 7) is 2.29. The van der Waals surface area contributed by atoms with Gasteiger partial charge >= 0.3 is 0 Å². The molecule has 0 fully saturated rings. The van der Waals surface area contributed by atoms with Gasteiger partial charge in [-0.15, -0.1) is 0 Å². The molecule has 0 radical (unpaired) electrons. The second kappa shape index (κ2) is 10.1. The first-order valence-electron chi connectivity index (χ1n) is 8.03. The lowest BCUT2D eigenvalue weighted by atomic mass is 10.0. The molecule has 2 aromatic rings. The van der Waals surface area contributed by atoms with Crippen LogP contribution in [0, 0.1) is 0 Å². The van der Waals surface area contributed by atoms with Gasteiger partial charge in [0.1, 0.15) is 29.2 Å². The van der Waals surface area contributed by atoms with Crippen LogP contribution in [0.15, 0.2) is 59.1 Å². The molecular formula is C20H20Cl2O3. The van der Waals surface area contributed by atoms with Gasteiger partial charge in [-0.25, -0.2) is 0 Å². The van der Waals surface area contributed by atoms with Crippen LogP contribution in [0.1, 0.15) is 24.5 Å². The van der Waals surface area contributed by atoms with Crippen molar-refractivity contribution in [3.05, 3.63) is 70.2 Å². The molecule has 0 saturated carbocycles. The summed E-state index contributed by atoms with van der Waals surface area (Å²) in [7, 11) is 0. The van der Waals surface area contributed by atoms with Gasteiger partial charge in [0.15, 0.2) is 5.78 Å². The summed E-state index contributed by atoms with van der Waals surface area (Å²) in [6.07, 6.45) is 2.89. The number of carbonyl (C=O) groups excluding carboxylic acids is 1. The zero-order valence-corrected chi connectivity index (χ0v) is 15.5. The zero-order chi connectivity index (χ0) is 18.1. The smallest absolute Gasteiger partial charge is 0.169 e. The first kappa shape index (κ1) is 19.4. The van der Waals surface area contributed by atoms with Gasteiger partial charge in [-0.05, 0) is 47.9 Å². The number of hydrogen-bond acceptors (Lipinski definition) is 3. The highest BCUT2D eigenvalue weighted by molar-refractivity contribution is 6.55. The molecule has 132 valence electrons. The Morgan fingerprint density at radius 2 is 1.44 bits per heavy atom. The van der Waals surface area contributed by atoms with Gasteiger partial charge in [-0.1, -0.05) is 54.4 Å². The molecule has 0 N–H and O–H groups in total. The van der Waals surface area contributed by atoms with Gasteiger partial charge in [-0.2, -0.15) is 0 Å². The van der Waals surface area contributed by atoms with E-state index in [1.165, 1.54) is 11.1 Å². The minimum absolute atomic E-state index is 0.0928. The highest BCUT2D eigenvalue weighted by Gasteiger charge is 2.02. The van der Waals surface area contributed by atoms with E-state index in [1.807, 2.05) is 55.5 Å². The molecular weight excluding hydrogens is 359 g/mol. The first-order valence-corrected chi connectivity index (χ1v) is 8.78. The summed E-state index contributed by atoms with van der Waals surface area (Å²) < 4.78 is 11.1. The molecule has 0 heterocycles. The summed E-state index contributed by atoms with van der Waals surface area (Å²) in [5.41, 5.74) is 2.34. The maximum absolute atomic E-state index is 11.3. The number of ketones is 1. The lowest BCUT2D eigenvalue weighted by molar-refractivity contribution is -0.120. The van der Waals surface area contributed by atoms with Crippen LogP contribution in [0.4, 0.5) is 0 Å². The number of Topliss-reactive ketones (excluding diaryl/α,β-unsaturated/α-hetero) is 1. The lowest BCUT2D eigenvalue weighted by Crippen LogP contribution is -2.09. The normalized spacial score (nSPS) is 10.2. The van der Waals surface area contributed by atoms with E-state index in [2.05, 4.69) is 0 Å². The summed E-state index contributed by atoms with van der Waals surface area (Å²) in [5, 5.41) is 0. The summed E-state index contributed by atoms with van der Waals surface area (Å²) in [6, 6.07) is 15.7. The molecule has 0 unspecified atom stereocenters. The van der Waals surface area contributed by atoms with Gasteiger partial charge < -0.3 is 9.47 Å². The van der Waals surface area contributed by atoms with E-state index in [0.717, 1.165) is 12.2 Å². The fraction of sp³-hybridized carbons (Fsp3) is 0.250. The van der Waals surface area contributed by atoms with E-state index >= 15 is 0 Å². The molecule has 0 aliphatic heterocycles. The lowest BCUT2D eigenvalue weighted by Gasteiger charge is -2.07. The molecule has 0 saturated heterocycles. The minimum atomic E-state index is 0.0928. The average molecular weight is 379 g/mol. The third-order valence-electron chi connectivity index (χ3n) is 3.54. The van der Waals surface area contributed by atoms with E-state index in [4.69, 9.17) is 32.7 Å². The van der Waals surface area contributed by atoms with Gasteiger partial charge in [0, 0.05) is 6.42 Å². The third kappa shape index (κ3) is 7.20. The molecule has 0 aliphatic rings. The number of halogens is 2. The summed E-state index contributed by atoms with van der Waals surface area (Å²) >= 11 is 11.1. The van der Waals surface area contributed by atoms with Crippen LogP contribution in [0.3, 0.4) is 0 Å². The molecule has 25 heavy (non-hydrogen) atoms. The average Bonchev–Trinajstić information content (AvgIpc) is 2.62. The Bertz CT molecular complexity index is 703. The second-order valence-electron chi connectivity index (χ2n) is 5.45. The van der Waals surface area contributed by atoms with Gasteiger partial charge in [-0.3, -0.25) is 4.79 Å². The van der Waals surface area contributed by atoms with Crippen LogP contribution in [0.2, 0.25) is 0 Å². The van der Waals surface area contributed by atoms with Crippen LogP contribution in [-0.4, -0.2) is 19.0 Å². The molecule has 0 bridgehead atoms. The molecule has 5 heteroatoms. The number of hydrogen-bond donors (Lipinski definition) is 0. The van der Waals surface area contributed by atoms with Crippen molar-refractivity contribution in [3.63, 3.8) is 0 Å². The fourth-order valence-electron chi connectivity index (χ4n) is 2.11. The number of ether oxygens (including phenoxy) is 2. The summed E-state index contributed by atoms with van der Waals surface area (Å²) in [5.74, 6) is 1.56. The van der Waals surface area contributed by atoms with Gasteiger partial charge in [0.05, 0.1) is 0 Å². The van der Waals surface area contributed by atoms with Crippen molar-refractivity contribution in [1.29, 1.82) is 0 Å². The van der Waals surface area contributed by atoms with Crippen LogP contribution in [0.5, 0.6) is 11.5 Å².